The van der Waals surface area contributed by atoms with Crippen molar-refractivity contribution in [3.05, 3.63) is 59.7 Å². The highest BCUT2D eigenvalue weighted by Gasteiger charge is 2.10. The number of hydrazone groups is 2. The molecule has 8 heteroatoms. The predicted molar refractivity (Wildman–Crippen MR) is 97.9 cm³/mol. The highest BCUT2D eigenvalue weighted by molar-refractivity contribution is 6.16. The van der Waals surface area contributed by atoms with Crippen LogP contribution in [-0.4, -0.2) is 38.5 Å². The van der Waals surface area contributed by atoms with Crippen molar-refractivity contribution in [1.29, 1.82) is 0 Å². The van der Waals surface area contributed by atoms with Crippen LogP contribution in [0.15, 0.2) is 58.7 Å². The first-order chi connectivity index (χ1) is 12.7. The fraction of sp³-hybridized carbons (Fsp3) is 0.111. The molecule has 2 amide bonds. The number of rotatable bonds is 7. The minimum absolute atomic E-state index is 0.355. The molecule has 0 spiro atoms. The lowest BCUT2D eigenvalue weighted by atomic mass is 10.2. The number of nitrogens with zero attached hydrogens (tertiary/aromatic N) is 2. The molecule has 2 aromatic carbocycles. The van der Waals surface area contributed by atoms with Crippen molar-refractivity contribution in [2.24, 2.45) is 10.2 Å². The van der Waals surface area contributed by atoms with Crippen molar-refractivity contribution < 1.29 is 19.1 Å². The van der Waals surface area contributed by atoms with Crippen LogP contribution in [0.3, 0.4) is 0 Å². The van der Waals surface area contributed by atoms with Gasteiger partial charge in [0.15, 0.2) is 0 Å². The highest BCUT2D eigenvalue weighted by atomic mass is 16.5. The summed E-state index contributed by atoms with van der Waals surface area (Å²) in [5, 5.41) is 7.44. The van der Waals surface area contributed by atoms with Crippen LogP contribution in [-0.2, 0) is 0 Å². The van der Waals surface area contributed by atoms with Crippen LogP contribution in [0.25, 0.3) is 0 Å². The lowest BCUT2D eigenvalue weighted by Crippen LogP contribution is -2.19. The Hall–Kier alpha value is -3.68. The van der Waals surface area contributed by atoms with Crippen molar-refractivity contribution >= 4 is 24.2 Å². The molecular weight excluding hydrogens is 336 g/mol. The summed E-state index contributed by atoms with van der Waals surface area (Å²) in [5.74, 6) is 0.0335. The van der Waals surface area contributed by atoms with Gasteiger partial charge in [0.25, 0.3) is 11.8 Å². The van der Waals surface area contributed by atoms with Crippen LogP contribution in [0.2, 0.25) is 0 Å². The molecule has 0 bridgehead atoms. The minimum Gasteiger partial charge on any atom is -0.496 e. The second-order valence-electron chi connectivity index (χ2n) is 4.84. The number of nitrogens with one attached hydrogen (secondary N) is 2. The van der Waals surface area contributed by atoms with Gasteiger partial charge in [0.2, 0.25) is 0 Å². The normalized spacial score (nSPS) is 10.7. The first kappa shape index (κ1) is 18.7. The molecular formula is C18H18N4O4. The van der Waals surface area contributed by atoms with Crippen LogP contribution in [0.1, 0.15) is 20.7 Å². The fourth-order valence-corrected chi connectivity index (χ4v) is 2.04. The van der Waals surface area contributed by atoms with Gasteiger partial charge in [0.05, 0.1) is 37.8 Å². The smallest absolute Gasteiger partial charge is 0.275 e. The van der Waals surface area contributed by atoms with E-state index in [1.54, 1.807) is 48.5 Å². The average Bonchev–Trinajstić information content (AvgIpc) is 2.70. The molecule has 0 radical (unpaired) electrons. The average molecular weight is 354 g/mol. The third-order valence-corrected chi connectivity index (χ3v) is 3.25. The molecule has 0 aliphatic rings. The van der Waals surface area contributed by atoms with E-state index in [9.17, 15) is 9.59 Å². The summed E-state index contributed by atoms with van der Waals surface area (Å²) in [5.41, 5.74) is 5.39. The summed E-state index contributed by atoms with van der Waals surface area (Å²) >= 11 is 0. The first-order valence-corrected chi connectivity index (χ1v) is 7.58. The summed E-state index contributed by atoms with van der Waals surface area (Å²) < 4.78 is 10.2. The number of hydrogen-bond acceptors (Lipinski definition) is 6. The van der Waals surface area contributed by atoms with Crippen molar-refractivity contribution in [3.63, 3.8) is 0 Å². The van der Waals surface area contributed by atoms with E-state index >= 15 is 0 Å². The molecule has 0 fully saturated rings. The Bertz CT molecular complexity index is 764. The predicted octanol–water partition coefficient (Wildman–Crippen LogP) is 1.84. The molecule has 2 aromatic rings. The molecule has 2 N–H and O–H groups in total. The van der Waals surface area contributed by atoms with Crippen molar-refractivity contribution in [1.82, 2.24) is 10.9 Å². The summed E-state index contributed by atoms with van der Waals surface area (Å²) in [4.78, 5) is 24.0. The summed E-state index contributed by atoms with van der Waals surface area (Å²) in [6.07, 6.45) is 2.46. The second kappa shape index (κ2) is 9.58. The van der Waals surface area contributed by atoms with Gasteiger partial charge in [-0.3, -0.25) is 9.59 Å². The Morgan fingerprint density at radius 1 is 0.769 bits per heavy atom. The Morgan fingerprint density at radius 3 is 1.54 bits per heavy atom. The van der Waals surface area contributed by atoms with Gasteiger partial charge in [0.1, 0.15) is 11.5 Å². The fourth-order valence-electron chi connectivity index (χ4n) is 2.04. The molecule has 26 heavy (non-hydrogen) atoms. The SMILES string of the molecule is COc1ccccc1C(=O)N/N=C\C=N/NC(=O)c1ccccc1OC. The third-order valence-electron chi connectivity index (χ3n) is 3.25. The standard InChI is InChI=1S/C18H18N4O4/c1-25-15-9-5-3-7-13(15)17(23)21-19-11-12-20-22-18(24)14-8-4-6-10-16(14)26-2/h3-12H,1-2H3,(H,21,23)(H,22,24)/b19-11-,20-12-. The van der Waals surface area contributed by atoms with Gasteiger partial charge >= 0.3 is 0 Å². The lowest BCUT2D eigenvalue weighted by molar-refractivity contribution is 0.0943. The van der Waals surface area contributed by atoms with Crippen molar-refractivity contribution in [2.45, 2.75) is 0 Å². The van der Waals surface area contributed by atoms with Gasteiger partial charge in [-0.15, -0.1) is 0 Å². The number of methoxy groups -OCH3 is 2. The van der Waals surface area contributed by atoms with E-state index in [4.69, 9.17) is 9.47 Å². The second-order valence-corrected chi connectivity index (χ2v) is 4.84. The molecule has 0 heterocycles. The van der Waals surface area contributed by atoms with Crippen LogP contribution >= 0.6 is 0 Å². The number of benzene rings is 2. The van der Waals surface area contributed by atoms with E-state index in [2.05, 4.69) is 21.1 Å². The number of ether oxygens (including phenoxy) is 2. The van der Waals surface area contributed by atoms with E-state index in [0.29, 0.717) is 22.6 Å². The van der Waals surface area contributed by atoms with Crippen molar-refractivity contribution in [3.8, 4) is 11.5 Å². The number of hydrogen-bond donors (Lipinski definition) is 2. The van der Waals surface area contributed by atoms with Gasteiger partial charge in [-0.2, -0.15) is 10.2 Å². The molecule has 0 aliphatic carbocycles. The summed E-state index contributed by atoms with van der Waals surface area (Å²) in [7, 11) is 2.96. The first-order valence-electron chi connectivity index (χ1n) is 7.58. The van der Waals surface area contributed by atoms with Gasteiger partial charge < -0.3 is 9.47 Å². The monoisotopic (exact) mass is 354 g/mol. The Kier molecular flexibility index (Phi) is 6.87. The topological polar surface area (TPSA) is 101 Å². The molecule has 0 aliphatic heterocycles. The van der Waals surface area contributed by atoms with Gasteiger partial charge in [-0.1, -0.05) is 24.3 Å². The Labute approximate surface area is 150 Å². The highest BCUT2D eigenvalue weighted by Crippen LogP contribution is 2.17. The molecule has 2 rings (SSSR count). The van der Waals surface area contributed by atoms with Gasteiger partial charge in [-0.25, -0.2) is 10.9 Å². The van der Waals surface area contributed by atoms with Crippen LogP contribution in [0.4, 0.5) is 0 Å². The minimum atomic E-state index is -0.426. The maximum atomic E-state index is 12.0. The molecule has 0 aromatic heterocycles. The summed E-state index contributed by atoms with van der Waals surface area (Å²) in [6.45, 7) is 0. The zero-order valence-corrected chi connectivity index (χ0v) is 14.3. The Morgan fingerprint density at radius 2 is 1.15 bits per heavy atom. The van der Waals surface area contributed by atoms with Crippen LogP contribution in [0, 0.1) is 0 Å². The van der Waals surface area contributed by atoms with E-state index in [-0.39, 0.29) is 0 Å². The molecule has 0 unspecified atom stereocenters. The maximum Gasteiger partial charge on any atom is 0.275 e. The number of amides is 2. The number of para-hydroxylation sites is 2. The largest absolute Gasteiger partial charge is 0.496 e. The number of carbonyl (C=O) groups is 2. The lowest BCUT2D eigenvalue weighted by Gasteiger charge is -2.06. The van der Waals surface area contributed by atoms with E-state index < -0.39 is 11.8 Å². The van der Waals surface area contributed by atoms with E-state index in [0.717, 1.165) is 0 Å². The zero-order chi connectivity index (χ0) is 18.8. The molecule has 134 valence electrons. The Balaban J connectivity index is 1.86. The third kappa shape index (κ3) is 4.91. The molecule has 0 saturated heterocycles. The van der Waals surface area contributed by atoms with Crippen LogP contribution < -0.4 is 20.3 Å². The maximum absolute atomic E-state index is 12.0. The molecule has 8 nitrogen and oxygen atoms in total. The van der Waals surface area contributed by atoms with E-state index in [1.165, 1.54) is 26.6 Å². The molecule has 0 saturated carbocycles. The number of carbonyl (C=O) groups excluding carboxylic acids is 2. The van der Waals surface area contributed by atoms with Gasteiger partial charge in [-0.05, 0) is 24.3 Å². The molecule has 0 atom stereocenters. The summed E-state index contributed by atoms with van der Waals surface area (Å²) in [6, 6.07) is 13.5. The zero-order valence-electron chi connectivity index (χ0n) is 14.3. The van der Waals surface area contributed by atoms with Crippen LogP contribution in [0.5, 0.6) is 11.5 Å². The van der Waals surface area contributed by atoms with Crippen molar-refractivity contribution in [2.75, 3.05) is 14.2 Å². The van der Waals surface area contributed by atoms with Gasteiger partial charge in [0, 0.05) is 0 Å². The quantitative estimate of drug-likeness (QED) is 0.585. The van der Waals surface area contributed by atoms with E-state index in [1.807, 2.05) is 0 Å².